The maximum absolute atomic E-state index is 8.69. The highest BCUT2D eigenvalue weighted by Crippen LogP contribution is 2.02. The molecule has 1 aromatic heterocycles. The predicted molar refractivity (Wildman–Crippen MR) is 60.8 cm³/mol. The molecule has 0 saturated heterocycles. The Bertz CT molecular complexity index is 227. The first kappa shape index (κ1) is 14.2. The minimum atomic E-state index is -0.274. The number of rotatable bonds is 3. The van der Waals surface area contributed by atoms with E-state index in [1.165, 1.54) is 0 Å². The van der Waals surface area contributed by atoms with Gasteiger partial charge in [-0.05, 0) is 52.7 Å². The molecule has 1 heterocycles. The molecular formula is C12H22O3. The van der Waals surface area contributed by atoms with E-state index in [2.05, 4.69) is 0 Å². The van der Waals surface area contributed by atoms with E-state index in [-0.39, 0.29) is 12.2 Å². The van der Waals surface area contributed by atoms with E-state index in [0.717, 1.165) is 11.5 Å². The molecule has 0 spiro atoms. The minimum absolute atomic E-state index is 0.274. The van der Waals surface area contributed by atoms with Crippen LogP contribution in [-0.4, -0.2) is 22.4 Å². The molecule has 2 N–H and O–H groups in total. The third-order valence-electron chi connectivity index (χ3n) is 1.88. The molecule has 0 aromatic carbocycles. The highest BCUT2D eigenvalue weighted by atomic mass is 16.3. The summed E-state index contributed by atoms with van der Waals surface area (Å²) in [7, 11) is 0. The first-order chi connectivity index (χ1) is 6.91. The summed E-state index contributed by atoms with van der Waals surface area (Å²) in [6.45, 7) is 7.32. The highest BCUT2D eigenvalue weighted by molar-refractivity contribution is 5.02. The minimum Gasteiger partial charge on any atom is -0.467 e. The Morgan fingerprint density at radius 2 is 1.33 bits per heavy atom. The topological polar surface area (TPSA) is 53.6 Å². The van der Waals surface area contributed by atoms with Crippen molar-refractivity contribution in [3.8, 4) is 0 Å². The van der Waals surface area contributed by atoms with E-state index < -0.39 is 0 Å². The maximum Gasteiger partial charge on any atom is 0.101 e. The van der Waals surface area contributed by atoms with Crippen molar-refractivity contribution in [1.82, 2.24) is 0 Å². The number of hydrogen-bond donors (Lipinski definition) is 2. The lowest BCUT2D eigenvalue weighted by atomic mass is 10.1. The van der Waals surface area contributed by atoms with Crippen molar-refractivity contribution in [2.75, 3.05) is 0 Å². The molecule has 0 saturated carbocycles. The van der Waals surface area contributed by atoms with Gasteiger partial charge in [0.05, 0.1) is 12.2 Å². The maximum atomic E-state index is 8.69. The first-order valence-corrected chi connectivity index (χ1v) is 5.31. The summed E-state index contributed by atoms with van der Waals surface area (Å²) in [5.74, 6) is 1.97. The van der Waals surface area contributed by atoms with Crippen LogP contribution in [0.1, 0.15) is 38.2 Å². The van der Waals surface area contributed by atoms with E-state index in [9.17, 15) is 0 Å². The molecule has 0 aliphatic rings. The van der Waals surface area contributed by atoms with Gasteiger partial charge in [0, 0.05) is 0 Å². The van der Waals surface area contributed by atoms with E-state index in [0.29, 0.717) is 12.8 Å². The lowest BCUT2D eigenvalue weighted by Gasteiger charge is -2.04. The molecule has 3 heteroatoms. The SMILES string of the molecule is CC(O)CCC(C)O.Cc1ccc(C)o1. The Morgan fingerprint density at radius 3 is 1.47 bits per heavy atom. The zero-order valence-electron chi connectivity index (χ0n) is 10.0. The summed E-state index contributed by atoms with van der Waals surface area (Å²) in [5, 5.41) is 17.4. The van der Waals surface area contributed by atoms with Gasteiger partial charge in [0.25, 0.3) is 0 Å². The summed E-state index contributed by atoms with van der Waals surface area (Å²) >= 11 is 0. The lowest BCUT2D eigenvalue weighted by Crippen LogP contribution is -2.06. The summed E-state index contributed by atoms with van der Waals surface area (Å²) < 4.78 is 5.08. The van der Waals surface area contributed by atoms with E-state index >= 15 is 0 Å². The summed E-state index contributed by atoms with van der Waals surface area (Å²) in [6, 6.07) is 3.91. The van der Waals surface area contributed by atoms with Crippen LogP contribution in [0.2, 0.25) is 0 Å². The largest absolute Gasteiger partial charge is 0.467 e. The summed E-state index contributed by atoms with van der Waals surface area (Å²) in [6.07, 6.45) is 0.837. The Hall–Kier alpha value is -0.800. The smallest absolute Gasteiger partial charge is 0.101 e. The average molecular weight is 214 g/mol. The Kier molecular flexibility index (Phi) is 7.09. The van der Waals surface area contributed by atoms with Gasteiger partial charge in [0.2, 0.25) is 0 Å². The van der Waals surface area contributed by atoms with E-state index in [1.807, 2.05) is 26.0 Å². The second-order valence-corrected chi connectivity index (χ2v) is 3.93. The van der Waals surface area contributed by atoms with Gasteiger partial charge in [0.15, 0.2) is 0 Å². The number of hydrogen-bond acceptors (Lipinski definition) is 3. The van der Waals surface area contributed by atoms with Crippen LogP contribution < -0.4 is 0 Å². The van der Waals surface area contributed by atoms with Crippen LogP contribution in [0.25, 0.3) is 0 Å². The van der Waals surface area contributed by atoms with Crippen LogP contribution in [-0.2, 0) is 0 Å². The molecule has 1 rings (SSSR count). The van der Waals surface area contributed by atoms with Crippen LogP contribution >= 0.6 is 0 Å². The number of aryl methyl sites for hydroxylation is 2. The fraction of sp³-hybridized carbons (Fsp3) is 0.667. The molecule has 0 amide bonds. The van der Waals surface area contributed by atoms with Gasteiger partial charge < -0.3 is 14.6 Å². The Labute approximate surface area is 91.7 Å². The zero-order chi connectivity index (χ0) is 11.8. The molecule has 0 aliphatic carbocycles. The zero-order valence-corrected chi connectivity index (χ0v) is 10.0. The van der Waals surface area contributed by atoms with Crippen molar-refractivity contribution >= 4 is 0 Å². The molecule has 88 valence electrons. The Balaban J connectivity index is 0.000000262. The fourth-order valence-corrected chi connectivity index (χ4v) is 1.04. The molecule has 0 bridgehead atoms. The van der Waals surface area contributed by atoms with Gasteiger partial charge in [-0.25, -0.2) is 0 Å². The second-order valence-electron chi connectivity index (χ2n) is 3.93. The molecule has 3 nitrogen and oxygen atoms in total. The van der Waals surface area contributed by atoms with Crippen molar-refractivity contribution in [3.05, 3.63) is 23.7 Å². The molecule has 2 atom stereocenters. The van der Waals surface area contributed by atoms with Gasteiger partial charge in [-0.1, -0.05) is 0 Å². The molecule has 1 aromatic rings. The quantitative estimate of drug-likeness (QED) is 0.812. The number of furan rings is 1. The molecule has 0 fully saturated rings. The normalized spacial score (nSPS) is 14.0. The van der Waals surface area contributed by atoms with Crippen LogP contribution in [0.4, 0.5) is 0 Å². The molecule has 0 radical (unpaired) electrons. The highest BCUT2D eigenvalue weighted by Gasteiger charge is 1.98. The predicted octanol–water partition coefficient (Wildman–Crippen LogP) is 2.42. The summed E-state index contributed by atoms with van der Waals surface area (Å²) in [4.78, 5) is 0. The van der Waals surface area contributed by atoms with Crippen molar-refractivity contribution in [2.45, 2.75) is 52.7 Å². The third-order valence-corrected chi connectivity index (χ3v) is 1.88. The molecular weight excluding hydrogens is 192 g/mol. The number of aliphatic hydroxyl groups is 2. The second kappa shape index (κ2) is 7.49. The molecule has 0 aliphatic heterocycles. The van der Waals surface area contributed by atoms with Crippen molar-refractivity contribution in [2.24, 2.45) is 0 Å². The van der Waals surface area contributed by atoms with Crippen LogP contribution in [0.15, 0.2) is 16.5 Å². The Morgan fingerprint density at radius 1 is 1.00 bits per heavy atom. The van der Waals surface area contributed by atoms with Crippen LogP contribution in [0.5, 0.6) is 0 Å². The van der Waals surface area contributed by atoms with Gasteiger partial charge in [-0.2, -0.15) is 0 Å². The lowest BCUT2D eigenvalue weighted by molar-refractivity contribution is 0.133. The van der Waals surface area contributed by atoms with E-state index in [4.69, 9.17) is 14.6 Å². The van der Waals surface area contributed by atoms with Crippen molar-refractivity contribution < 1.29 is 14.6 Å². The first-order valence-electron chi connectivity index (χ1n) is 5.31. The van der Waals surface area contributed by atoms with Gasteiger partial charge in [-0.15, -0.1) is 0 Å². The third kappa shape index (κ3) is 9.50. The van der Waals surface area contributed by atoms with Crippen molar-refractivity contribution in [3.63, 3.8) is 0 Å². The van der Waals surface area contributed by atoms with Crippen molar-refractivity contribution in [1.29, 1.82) is 0 Å². The average Bonchev–Trinajstić information content (AvgIpc) is 2.47. The van der Waals surface area contributed by atoms with E-state index in [1.54, 1.807) is 13.8 Å². The van der Waals surface area contributed by atoms with Gasteiger partial charge >= 0.3 is 0 Å². The monoisotopic (exact) mass is 214 g/mol. The number of aliphatic hydroxyl groups excluding tert-OH is 2. The van der Waals surface area contributed by atoms with Gasteiger partial charge in [0.1, 0.15) is 11.5 Å². The fourth-order valence-electron chi connectivity index (χ4n) is 1.04. The molecule has 2 unspecified atom stereocenters. The van der Waals surface area contributed by atoms with Crippen LogP contribution in [0, 0.1) is 13.8 Å². The van der Waals surface area contributed by atoms with Crippen LogP contribution in [0.3, 0.4) is 0 Å². The summed E-state index contributed by atoms with van der Waals surface area (Å²) in [5.41, 5.74) is 0. The van der Waals surface area contributed by atoms with Gasteiger partial charge in [-0.3, -0.25) is 0 Å². The standard InChI is InChI=1S/C6H14O2.C6H8O/c1-5(7)3-4-6(2)8;1-5-3-4-6(2)7-5/h5-8H,3-4H2,1-2H3;3-4H,1-2H3. The molecule has 15 heavy (non-hydrogen) atoms.